The number of halogens is 2. The van der Waals surface area contributed by atoms with Gasteiger partial charge in [-0.05, 0) is 43.0 Å². The van der Waals surface area contributed by atoms with Crippen molar-refractivity contribution in [2.75, 3.05) is 19.7 Å². The Hall–Kier alpha value is -2.96. The third-order valence-corrected chi connectivity index (χ3v) is 5.06. The van der Waals surface area contributed by atoms with Gasteiger partial charge in [-0.1, -0.05) is 25.1 Å². The monoisotopic (exact) mass is 402 g/mol. The molecular formula is C22H24F2N2O3. The molecule has 1 aliphatic rings. The average molecular weight is 402 g/mol. The second-order valence-electron chi connectivity index (χ2n) is 7.00. The molecule has 1 N–H and O–H groups in total. The number of likely N-dealkylation sites (tertiary alicyclic amines) is 1. The van der Waals surface area contributed by atoms with Crippen LogP contribution in [0.1, 0.15) is 35.7 Å². The van der Waals surface area contributed by atoms with Gasteiger partial charge >= 0.3 is 0 Å². The number of hydrogen-bond acceptors (Lipinski definition) is 3. The number of ether oxygens (including phenoxy) is 1. The van der Waals surface area contributed by atoms with Crippen LogP contribution in [-0.2, 0) is 11.2 Å². The standard InChI is InChI=1S/C22H24F2N2O3/c1-2-15-5-3-4-6-20(15)29-14-21(27)26-11-9-17(10-12-26)25-22(28)18-8-7-16(23)13-19(18)24/h3-8,13,17H,2,9-12,14H2,1H3,(H,25,28). The van der Waals surface area contributed by atoms with E-state index in [1.807, 2.05) is 31.2 Å². The van der Waals surface area contributed by atoms with E-state index in [4.69, 9.17) is 4.74 Å². The molecule has 154 valence electrons. The molecule has 0 bridgehead atoms. The highest BCUT2D eigenvalue weighted by Gasteiger charge is 2.25. The van der Waals surface area contributed by atoms with Gasteiger partial charge in [-0.25, -0.2) is 8.78 Å². The first-order valence-corrected chi connectivity index (χ1v) is 9.72. The molecule has 0 aliphatic carbocycles. The Morgan fingerprint density at radius 1 is 1.14 bits per heavy atom. The van der Waals surface area contributed by atoms with Crippen LogP contribution in [0.5, 0.6) is 5.75 Å². The van der Waals surface area contributed by atoms with Crippen molar-refractivity contribution in [3.05, 3.63) is 65.2 Å². The summed E-state index contributed by atoms with van der Waals surface area (Å²) < 4.78 is 32.4. The van der Waals surface area contributed by atoms with E-state index in [2.05, 4.69) is 5.32 Å². The first-order valence-electron chi connectivity index (χ1n) is 9.72. The summed E-state index contributed by atoms with van der Waals surface area (Å²) >= 11 is 0. The molecule has 1 aliphatic heterocycles. The third-order valence-electron chi connectivity index (χ3n) is 5.06. The fraction of sp³-hybridized carbons (Fsp3) is 0.364. The van der Waals surface area contributed by atoms with E-state index in [0.29, 0.717) is 37.7 Å². The molecule has 7 heteroatoms. The molecule has 0 atom stereocenters. The van der Waals surface area contributed by atoms with Gasteiger partial charge in [-0.15, -0.1) is 0 Å². The highest BCUT2D eigenvalue weighted by Crippen LogP contribution is 2.19. The minimum atomic E-state index is -0.889. The number of aryl methyl sites for hydroxylation is 1. The van der Waals surface area contributed by atoms with E-state index in [-0.39, 0.29) is 24.1 Å². The molecule has 0 aromatic heterocycles. The Balaban J connectivity index is 1.47. The van der Waals surface area contributed by atoms with Crippen molar-refractivity contribution in [3.63, 3.8) is 0 Å². The lowest BCUT2D eigenvalue weighted by molar-refractivity contribution is -0.134. The molecule has 0 spiro atoms. The summed E-state index contributed by atoms with van der Waals surface area (Å²) in [4.78, 5) is 26.3. The van der Waals surface area contributed by atoms with Crippen LogP contribution in [0, 0.1) is 11.6 Å². The molecular weight excluding hydrogens is 378 g/mol. The highest BCUT2D eigenvalue weighted by molar-refractivity contribution is 5.94. The molecule has 2 aromatic carbocycles. The van der Waals surface area contributed by atoms with E-state index in [9.17, 15) is 18.4 Å². The zero-order chi connectivity index (χ0) is 20.8. The number of piperidine rings is 1. The summed E-state index contributed by atoms with van der Waals surface area (Å²) in [6.07, 6.45) is 1.95. The van der Waals surface area contributed by atoms with Gasteiger partial charge in [-0.3, -0.25) is 9.59 Å². The van der Waals surface area contributed by atoms with Gasteiger partial charge in [0, 0.05) is 25.2 Å². The average Bonchev–Trinajstić information content (AvgIpc) is 2.72. The van der Waals surface area contributed by atoms with Crippen LogP contribution in [0.15, 0.2) is 42.5 Å². The van der Waals surface area contributed by atoms with Crippen LogP contribution in [0.4, 0.5) is 8.78 Å². The van der Waals surface area contributed by atoms with Crippen molar-refractivity contribution in [2.45, 2.75) is 32.2 Å². The highest BCUT2D eigenvalue weighted by atomic mass is 19.1. The van der Waals surface area contributed by atoms with Crippen molar-refractivity contribution in [2.24, 2.45) is 0 Å². The predicted molar refractivity (Wildman–Crippen MR) is 105 cm³/mol. The van der Waals surface area contributed by atoms with Crippen LogP contribution in [0.25, 0.3) is 0 Å². The molecule has 2 amide bonds. The summed E-state index contributed by atoms with van der Waals surface area (Å²) in [5.74, 6) is -1.59. The van der Waals surface area contributed by atoms with Crippen molar-refractivity contribution < 1.29 is 23.1 Å². The molecule has 1 fully saturated rings. The number of nitrogens with zero attached hydrogens (tertiary/aromatic N) is 1. The van der Waals surface area contributed by atoms with Crippen LogP contribution >= 0.6 is 0 Å². The summed E-state index contributed by atoms with van der Waals surface area (Å²) in [6, 6.07) is 10.3. The van der Waals surface area contributed by atoms with Gasteiger partial charge in [0.1, 0.15) is 17.4 Å². The summed E-state index contributed by atoms with van der Waals surface area (Å²) in [5, 5.41) is 2.76. The lowest BCUT2D eigenvalue weighted by Crippen LogP contribution is -2.47. The Bertz CT molecular complexity index is 880. The lowest BCUT2D eigenvalue weighted by atomic mass is 10.0. The Kier molecular flexibility index (Phi) is 6.80. The van der Waals surface area contributed by atoms with Gasteiger partial charge in [0.2, 0.25) is 0 Å². The Morgan fingerprint density at radius 2 is 1.86 bits per heavy atom. The van der Waals surface area contributed by atoms with Crippen molar-refractivity contribution in [3.8, 4) is 5.75 Å². The van der Waals surface area contributed by atoms with Crippen LogP contribution in [0.3, 0.4) is 0 Å². The zero-order valence-corrected chi connectivity index (χ0v) is 16.3. The van der Waals surface area contributed by atoms with Crippen LogP contribution < -0.4 is 10.1 Å². The minimum absolute atomic E-state index is 0.0329. The molecule has 0 radical (unpaired) electrons. The molecule has 1 heterocycles. The molecule has 1 saturated heterocycles. The zero-order valence-electron chi connectivity index (χ0n) is 16.3. The van der Waals surface area contributed by atoms with Crippen molar-refractivity contribution in [1.29, 1.82) is 0 Å². The van der Waals surface area contributed by atoms with Gasteiger partial charge in [0.15, 0.2) is 6.61 Å². The third kappa shape index (κ3) is 5.31. The summed E-state index contributed by atoms with van der Waals surface area (Å²) in [5.41, 5.74) is 0.864. The van der Waals surface area contributed by atoms with E-state index in [0.717, 1.165) is 24.1 Å². The van der Waals surface area contributed by atoms with E-state index in [1.165, 1.54) is 0 Å². The maximum Gasteiger partial charge on any atom is 0.260 e. The second kappa shape index (κ2) is 9.49. The molecule has 5 nitrogen and oxygen atoms in total. The normalized spacial score (nSPS) is 14.5. The van der Waals surface area contributed by atoms with Crippen LogP contribution in [0.2, 0.25) is 0 Å². The molecule has 2 aromatic rings. The van der Waals surface area contributed by atoms with E-state index >= 15 is 0 Å². The lowest BCUT2D eigenvalue weighted by Gasteiger charge is -2.32. The molecule has 3 rings (SSSR count). The number of rotatable bonds is 6. The summed E-state index contributed by atoms with van der Waals surface area (Å²) in [6.45, 7) is 2.96. The first-order chi connectivity index (χ1) is 14.0. The fourth-order valence-electron chi connectivity index (χ4n) is 3.38. The van der Waals surface area contributed by atoms with Gasteiger partial charge in [0.25, 0.3) is 11.8 Å². The largest absolute Gasteiger partial charge is 0.483 e. The SMILES string of the molecule is CCc1ccccc1OCC(=O)N1CCC(NC(=O)c2ccc(F)cc2F)CC1. The summed E-state index contributed by atoms with van der Waals surface area (Å²) in [7, 11) is 0. The quantitative estimate of drug-likeness (QED) is 0.806. The number of para-hydroxylation sites is 1. The Labute approximate surface area is 168 Å². The maximum absolute atomic E-state index is 13.7. The molecule has 0 unspecified atom stereocenters. The van der Waals surface area contributed by atoms with Gasteiger partial charge in [0.05, 0.1) is 5.56 Å². The van der Waals surface area contributed by atoms with Gasteiger partial charge < -0.3 is 15.0 Å². The predicted octanol–water partition coefficient (Wildman–Crippen LogP) is 3.33. The fourth-order valence-corrected chi connectivity index (χ4v) is 3.38. The van der Waals surface area contributed by atoms with Crippen molar-refractivity contribution in [1.82, 2.24) is 10.2 Å². The number of carbonyl (C=O) groups excluding carboxylic acids is 2. The number of amides is 2. The topological polar surface area (TPSA) is 58.6 Å². The second-order valence-corrected chi connectivity index (χ2v) is 7.00. The van der Waals surface area contributed by atoms with Crippen LogP contribution in [-0.4, -0.2) is 42.5 Å². The minimum Gasteiger partial charge on any atom is -0.483 e. The smallest absolute Gasteiger partial charge is 0.260 e. The number of nitrogens with one attached hydrogen (secondary N) is 1. The maximum atomic E-state index is 13.7. The van der Waals surface area contributed by atoms with Crippen molar-refractivity contribution >= 4 is 11.8 Å². The first kappa shape index (κ1) is 20.8. The number of hydrogen-bond donors (Lipinski definition) is 1. The number of benzene rings is 2. The van der Waals surface area contributed by atoms with Gasteiger partial charge in [-0.2, -0.15) is 0 Å². The van der Waals surface area contributed by atoms with E-state index in [1.54, 1.807) is 4.90 Å². The molecule has 29 heavy (non-hydrogen) atoms. The Morgan fingerprint density at radius 3 is 2.55 bits per heavy atom. The molecule has 0 saturated carbocycles. The van der Waals surface area contributed by atoms with E-state index < -0.39 is 17.5 Å². The number of carbonyl (C=O) groups is 2.